The number of rotatable bonds is 7. The summed E-state index contributed by atoms with van der Waals surface area (Å²) in [5.41, 5.74) is 6.52. The Morgan fingerprint density at radius 2 is 1.61 bits per heavy atom. The molecule has 1 aliphatic rings. The van der Waals surface area contributed by atoms with E-state index in [1.165, 1.54) is 11.1 Å². The lowest BCUT2D eigenvalue weighted by atomic mass is 9.82. The van der Waals surface area contributed by atoms with Gasteiger partial charge in [-0.25, -0.2) is 0 Å². The molecule has 6 heteroatoms. The van der Waals surface area contributed by atoms with E-state index in [-0.39, 0.29) is 10.8 Å². The highest BCUT2D eigenvalue weighted by molar-refractivity contribution is 5.98. The van der Waals surface area contributed by atoms with Crippen molar-refractivity contribution in [2.24, 2.45) is 10.2 Å². The molecule has 0 spiro atoms. The molecule has 0 amide bonds. The Hall–Kier alpha value is -3.80. The number of methoxy groups -OCH3 is 1. The van der Waals surface area contributed by atoms with Crippen LogP contribution in [-0.2, 0) is 15.6 Å². The summed E-state index contributed by atoms with van der Waals surface area (Å²) < 4.78 is 11.6. The molecular formula is C32H38N4O2. The van der Waals surface area contributed by atoms with E-state index in [0.29, 0.717) is 17.7 Å². The average molecular weight is 511 g/mol. The first-order chi connectivity index (χ1) is 18.1. The number of hydrogen-bond donors (Lipinski definition) is 0. The first kappa shape index (κ1) is 27.2. The monoisotopic (exact) mass is 510 g/mol. The maximum Gasteiger partial charge on any atom is 0.248 e. The second-order valence-corrected chi connectivity index (χ2v) is 11.3. The smallest absolute Gasteiger partial charge is 0.248 e. The summed E-state index contributed by atoms with van der Waals surface area (Å²) in [5.74, 6) is 1.47. The highest BCUT2D eigenvalue weighted by atomic mass is 16.5. The molecule has 0 bridgehead atoms. The quantitative estimate of drug-likeness (QED) is 0.184. The lowest BCUT2D eigenvalue weighted by Crippen LogP contribution is -2.15. The minimum absolute atomic E-state index is 0.0926. The second-order valence-electron chi connectivity index (χ2n) is 11.3. The number of nitrogens with zero attached hydrogens (tertiary/aromatic N) is 4. The van der Waals surface area contributed by atoms with Crippen LogP contribution in [0.25, 0.3) is 17.0 Å². The summed E-state index contributed by atoms with van der Waals surface area (Å²) in [6.07, 6.45) is 8.52. The summed E-state index contributed by atoms with van der Waals surface area (Å²) in [6, 6.07) is 16.7. The predicted molar refractivity (Wildman–Crippen MR) is 156 cm³/mol. The Bertz CT molecular complexity index is 1370. The molecule has 3 aromatic rings. The van der Waals surface area contributed by atoms with Crippen molar-refractivity contribution in [3.63, 3.8) is 0 Å². The van der Waals surface area contributed by atoms with E-state index in [9.17, 15) is 0 Å². The molecule has 1 heterocycles. The van der Waals surface area contributed by atoms with E-state index in [0.717, 1.165) is 41.5 Å². The molecule has 4 rings (SSSR count). The Morgan fingerprint density at radius 3 is 2.24 bits per heavy atom. The Morgan fingerprint density at radius 1 is 0.947 bits per heavy atom. The normalized spacial score (nSPS) is 15.0. The van der Waals surface area contributed by atoms with Crippen molar-refractivity contribution in [2.75, 3.05) is 7.11 Å². The zero-order valence-electron chi connectivity index (χ0n) is 23.6. The van der Waals surface area contributed by atoms with Gasteiger partial charge in [0, 0.05) is 16.7 Å². The van der Waals surface area contributed by atoms with Crippen molar-refractivity contribution in [1.82, 2.24) is 10.2 Å². The zero-order chi connectivity index (χ0) is 27.3. The van der Waals surface area contributed by atoms with Gasteiger partial charge in [0.1, 0.15) is 0 Å². The summed E-state index contributed by atoms with van der Waals surface area (Å²) in [6.45, 7) is 13.3. The number of aromatic nitrogens is 2. The van der Waals surface area contributed by atoms with Crippen LogP contribution in [0, 0.1) is 0 Å². The molecule has 0 aliphatic heterocycles. The van der Waals surface area contributed by atoms with E-state index in [1.807, 2.05) is 18.2 Å². The van der Waals surface area contributed by atoms with Gasteiger partial charge in [0.2, 0.25) is 17.7 Å². The second kappa shape index (κ2) is 11.3. The van der Waals surface area contributed by atoms with Gasteiger partial charge < -0.3 is 9.15 Å². The molecular weight excluding hydrogens is 472 g/mol. The molecule has 38 heavy (non-hydrogen) atoms. The largest absolute Gasteiger partial charge is 0.480 e. The van der Waals surface area contributed by atoms with Crippen molar-refractivity contribution in [3.05, 3.63) is 88.8 Å². The van der Waals surface area contributed by atoms with E-state index in [1.54, 1.807) is 13.3 Å². The topological polar surface area (TPSA) is 72.9 Å². The van der Waals surface area contributed by atoms with Gasteiger partial charge in [-0.15, -0.1) is 15.3 Å². The highest BCUT2D eigenvalue weighted by Crippen LogP contribution is 2.30. The van der Waals surface area contributed by atoms with Gasteiger partial charge in [-0.05, 0) is 65.0 Å². The van der Waals surface area contributed by atoms with Gasteiger partial charge in [0.25, 0.3) is 0 Å². The third-order valence-corrected chi connectivity index (χ3v) is 7.18. The molecule has 6 nitrogen and oxygen atoms in total. The molecule has 0 radical (unpaired) electrons. The first-order valence-electron chi connectivity index (χ1n) is 13.2. The van der Waals surface area contributed by atoms with E-state index < -0.39 is 0 Å². The summed E-state index contributed by atoms with van der Waals surface area (Å²) in [5, 5.41) is 17.2. The van der Waals surface area contributed by atoms with Gasteiger partial charge in [-0.2, -0.15) is 5.10 Å². The third-order valence-electron chi connectivity index (χ3n) is 7.18. The van der Waals surface area contributed by atoms with Crippen LogP contribution >= 0.6 is 0 Å². The van der Waals surface area contributed by atoms with Crippen LogP contribution in [0.3, 0.4) is 0 Å². The number of hydrogen-bond acceptors (Lipinski definition) is 6. The highest BCUT2D eigenvalue weighted by Gasteiger charge is 2.19. The van der Waals surface area contributed by atoms with E-state index in [2.05, 4.69) is 104 Å². The van der Waals surface area contributed by atoms with Crippen molar-refractivity contribution in [3.8, 4) is 11.5 Å². The fourth-order valence-corrected chi connectivity index (χ4v) is 4.19. The van der Waals surface area contributed by atoms with Gasteiger partial charge in [0.15, 0.2) is 0 Å². The van der Waals surface area contributed by atoms with Crippen LogP contribution in [-0.4, -0.2) is 29.4 Å². The molecule has 0 fully saturated rings. The molecule has 0 unspecified atom stereocenters. The zero-order valence-corrected chi connectivity index (χ0v) is 23.6. The molecule has 1 aliphatic carbocycles. The standard InChI is InChI=1S/C32H38N4O2/c1-8-32(5,6)27-16-12-22(13-17-27)21-33-34-28(37-7)24-10-9-11-25(20-24)30-36-35-29(38-30)23-14-18-26(19-15-23)31(2,3)4/h10,12-21H,8-9,11H2,1-7H3/b33-21+,34-28-. The fourth-order valence-electron chi connectivity index (χ4n) is 4.19. The van der Waals surface area contributed by atoms with Crippen molar-refractivity contribution >= 4 is 17.7 Å². The van der Waals surface area contributed by atoms with Gasteiger partial charge in [-0.3, -0.25) is 0 Å². The SMILES string of the molecule is CCC(C)(C)c1ccc(/C=N/N=C(\OC)C2=CCCC(c3nnc(-c4ccc(C(C)(C)C)cc4)o3)=C2)cc1. The van der Waals surface area contributed by atoms with Crippen LogP contribution in [0.15, 0.2) is 80.9 Å². The fraction of sp³-hybridized carbons (Fsp3) is 0.375. The van der Waals surface area contributed by atoms with E-state index in [4.69, 9.17) is 9.15 Å². The summed E-state index contributed by atoms with van der Waals surface area (Å²) in [4.78, 5) is 0. The van der Waals surface area contributed by atoms with Gasteiger partial charge in [-0.1, -0.05) is 84.0 Å². The van der Waals surface area contributed by atoms with Crippen molar-refractivity contribution in [1.29, 1.82) is 0 Å². The molecule has 0 N–H and O–H groups in total. The predicted octanol–water partition coefficient (Wildman–Crippen LogP) is 7.90. The van der Waals surface area contributed by atoms with Crippen LogP contribution in [0.5, 0.6) is 0 Å². The number of benzene rings is 2. The lowest BCUT2D eigenvalue weighted by Gasteiger charge is -2.23. The van der Waals surface area contributed by atoms with Crippen LogP contribution in [0.1, 0.15) is 83.4 Å². The minimum atomic E-state index is 0.0926. The molecule has 2 aromatic carbocycles. The molecule has 1 aromatic heterocycles. The maximum atomic E-state index is 6.05. The number of ether oxygens (including phenoxy) is 1. The summed E-state index contributed by atoms with van der Waals surface area (Å²) in [7, 11) is 1.60. The van der Waals surface area contributed by atoms with Crippen LogP contribution in [0.4, 0.5) is 0 Å². The Kier molecular flexibility index (Phi) is 8.10. The van der Waals surface area contributed by atoms with Gasteiger partial charge in [0.05, 0.1) is 13.3 Å². The van der Waals surface area contributed by atoms with Crippen LogP contribution in [0.2, 0.25) is 0 Å². The molecule has 0 saturated heterocycles. The molecule has 0 saturated carbocycles. The third kappa shape index (κ3) is 6.36. The molecule has 198 valence electrons. The summed E-state index contributed by atoms with van der Waals surface area (Å²) >= 11 is 0. The Balaban J connectivity index is 1.48. The van der Waals surface area contributed by atoms with Gasteiger partial charge >= 0.3 is 0 Å². The maximum absolute atomic E-state index is 6.05. The number of allylic oxidation sites excluding steroid dienone is 2. The lowest BCUT2D eigenvalue weighted by molar-refractivity contribution is 0.402. The van der Waals surface area contributed by atoms with E-state index >= 15 is 0 Å². The molecule has 0 atom stereocenters. The minimum Gasteiger partial charge on any atom is -0.480 e. The van der Waals surface area contributed by atoms with Crippen LogP contribution < -0.4 is 0 Å². The Labute approximate surface area is 226 Å². The average Bonchev–Trinajstić information content (AvgIpc) is 3.42. The first-order valence-corrected chi connectivity index (χ1v) is 13.2. The van der Waals surface area contributed by atoms with Crippen molar-refractivity contribution in [2.45, 2.75) is 71.6 Å². The van der Waals surface area contributed by atoms with Crippen molar-refractivity contribution < 1.29 is 9.15 Å².